The van der Waals surface area contributed by atoms with Crippen molar-refractivity contribution in [3.05, 3.63) is 30.1 Å². The average Bonchev–Trinajstić information content (AvgIpc) is 2.74. The van der Waals surface area contributed by atoms with Crippen molar-refractivity contribution in [2.45, 2.75) is 32.2 Å². The molecule has 1 aromatic heterocycles. The van der Waals surface area contributed by atoms with E-state index < -0.39 is 0 Å². The maximum absolute atomic E-state index is 8.92. The second kappa shape index (κ2) is 6.18. The molecule has 18 heavy (non-hydrogen) atoms. The third-order valence-electron chi connectivity index (χ3n) is 3.07. The molecule has 0 saturated carbocycles. The van der Waals surface area contributed by atoms with E-state index >= 15 is 0 Å². The van der Waals surface area contributed by atoms with Gasteiger partial charge in [0.25, 0.3) is 0 Å². The van der Waals surface area contributed by atoms with Crippen molar-refractivity contribution in [3.63, 3.8) is 0 Å². The second-order valence-corrected chi connectivity index (χ2v) is 4.36. The summed E-state index contributed by atoms with van der Waals surface area (Å²) in [5.74, 6) is 1.01. The van der Waals surface area contributed by atoms with E-state index in [0.29, 0.717) is 6.54 Å². The van der Waals surface area contributed by atoms with Gasteiger partial charge in [-0.15, -0.1) is 0 Å². The van der Waals surface area contributed by atoms with Crippen molar-refractivity contribution >= 4 is 11.0 Å². The predicted molar refractivity (Wildman–Crippen MR) is 72.0 cm³/mol. The highest BCUT2D eigenvalue weighted by Gasteiger charge is 2.09. The van der Waals surface area contributed by atoms with Gasteiger partial charge in [0, 0.05) is 6.42 Å². The Labute approximate surface area is 107 Å². The van der Waals surface area contributed by atoms with Gasteiger partial charge in [0.2, 0.25) is 0 Å². The molecule has 0 amide bonds. The summed E-state index contributed by atoms with van der Waals surface area (Å²) in [6.45, 7) is 1.11. The monoisotopic (exact) mass is 242 g/mol. The van der Waals surface area contributed by atoms with Crippen LogP contribution >= 0.6 is 0 Å². The summed E-state index contributed by atoms with van der Waals surface area (Å²) in [6, 6.07) is 10.2. The number of para-hydroxylation sites is 2. The molecule has 0 fully saturated rings. The van der Waals surface area contributed by atoms with E-state index in [9.17, 15) is 0 Å². The minimum Gasteiger partial charge on any atom is -0.330 e. The first-order chi connectivity index (χ1) is 8.86. The van der Waals surface area contributed by atoms with Crippen molar-refractivity contribution in [1.29, 1.82) is 5.26 Å². The second-order valence-electron chi connectivity index (χ2n) is 4.36. The van der Waals surface area contributed by atoms with Gasteiger partial charge in [-0.2, -0.15) is 5.26 Å². The first-order valence-electron chi connectivity index (χ1n) is 6.38. The predicted octanol–water partition coefficient (Wildman–Crippen LogP) is 2.23. The number of unbranched alkanes of at least 4 members (excludes halogenated alkanes) is 2. The smallest absolute Gasteiger partial charge is 0.111 e. The standard InChI is InChI=1S/C14H18N4/c15-9-5-1-2-8-14-17-12-6-3-4-7-13(12)18(14)11-10-16/h3-4,6-7H,1-2,5,8-9,11,15H2. The zero-order chi connectivity index (χ0) is 12.8. The Hall–Kier alpha value is -1.86. The number of nitriles is 1. The summed E-state index contributed by atoms with van der Waals surface area (Å²) < 4.78 is 2.01. The van der Waals surface area contributed by atoms with Crippen LogP contribution < -0.4 is 5.73 Å². The van der Waals surface area contributed by atoms with Crippen molar-refractivity contribution in [2.75, 3.05) is 6.54 Å². The molecule has 4 nitrogen and oxygen atoms in total. The molecule has 2 aromatic rings. The normalized spacial score (nSPS) is 10.7. The maximum atomic E-state index is 8.92. The highest BCUT2D eigenvalue weighted by atomic mass is 15.1. The van der Waals surface area contributed by atoms with Crippen molar-refractivity contribution < 1.29 is 0 Å². The van der Waals surface area contributed by atoms with E-state index in [2.05, 4.69) is 11.1 Å². The summed E-state index contributed by atoms with van der Waals surface area (Å²) in [4.78, 5) is 4.61. The van der Waals surface area contributed by atoms with Crippen LogP contribution in [0.2, 0.25) is 0 Å². The van der Waals surface area contributed by atoms with Crippen LogP contribution in [0.15, 0.2) is 24.3 Å². The lowest BCUT2D eigenvalue weighted by atomic mass is 10.2. The molecular weight excluding hydrogens is 224 g/mol. The zero-order valence-electron chi connectivity index (χ0n) is 10.5. The molecule has 0 aliphatic rings. The van der Waals surface area contributed by atoms with Crippen LogP contribution in [0, 0.1) is 11.3 Å². The van der Waals surface area contributed by atoms with Gasteiger partial charge in [-0.1, -0.05) is 18.6 Å². The number of aryl methyl sites for hydroxylation is 1. The highest BCUT2D eigenvalue weighted by Crippen LogP contribution is 2.17. The number of imidazole rings is 1. The summed E-state index contributed by atoms with van der Waals surface area (Å²) in [7, 11) is 0. The minimum atomic E-state index is 0.368. The van der Waals surface area contributed by atoms with E-state index in [1.54, 1.807) is 0 Å². The average molecular weight is 242 g/mol. The zero-order valence-corrected chi connectivity index (χ0v) is 10.5. The molecule has 0 radical (unpaired) electrons. The molecule has 0 spiro atoms. The quantitative estimate of drug-likeness (QED) is 0.790. The molecule has 4 heteroatoms. The third-order valence-corrected chi connectivity index (χ3v) is 3.07. The molecule has 0 aliphatic carbocycles. The molecule has 1 aromatic carbocycles. The third kappa shape index (κ3) is 2.69. The Bertz CT molecular complexity index is 550. The van der Waals surface area contributed by atoms with E-state index in [1.165, 1.54) is 0 Å². The van der Waals surface area contributed by atoms with Gasteiger partial charge in [-0.05, 0) is 31.5 Å². The van der Waals surface area contributed by atoms with E-state index in [1.807, 2.05) is 28.8 Å². The van der Waals surface area contributed by atoms with Crippen molar-refractivity contribution in [2.24, 2.45) is 5.73 Å². The number of hydrogen-bond donors (Lipinski definition) is 1. The summed E-state index contributed by atoms with van der Waals surface area (Å²) in [6.07, 6.45) is 4.16. The molecular formula is C14H18N4. The lowest BCUT2D eigenvalue weighted by Crippen LogP contribution is -2.04. The van der Waals surface area contributed by atoms with Gasteiger partial charge in [0.1, 0.15) is 12.4 Å². The summed E-state index contributed by atoms with van der Waals surface area (Å²) in [5, 5.41) is 8.92. The molecule has 94 valence electrons. The Morgan fingerprint density at radius 2 is 2.06 bits per heavy atom. The van der Waals surface area contributed by atoms with Crippen molar-refractivity contribution in [1.82, 2.24) is 9.55 Å². The van der Waals surface area contributed by atoms with Gasteiger partial charge in [0.15, 0.2) is 0 Å². The number of fused-ring (bicyclic) bond motifs is 1. The van der Waals surface area contributed by atoms with E-state index in [-0.39, 0.29) is 0 Å². The van der Waals surface area contributed by atoms with Gasteiger partial charge in [0.05, 0.1) is 17.1 Å². The van der Waals surface area contributed by atoms with Crippen molar-refractivity contribution in [3.8, 4) is 6.07 Å². The summed E-state index contributed by atoms with van der Waals surface area (Å²) >= 11 is 0. The van der Waals surface area contributed by atoms with Crippen LogP contribution in [0.5, 0.6) is 0 Å². The number of nitrogens with two attached hydrogens (primary N) is 1. The number of rotatable bonds is 6. The fraction of sp³-hybridized carbons (Fsp3) is 0.429. The number of nitrogens with zero attached hydrogens (tertiary/aromatic N) is 3. The van der Waals surface area contributed by atoms with Crippen LogP contribution in [-0.4, -0.2) is 16.1 Å². The van der Waals surface area contributed by atoms with Gasteiger partial charge in [-0.25, -0.2) is 4.98 Å². The fourth-order valence-electron chi connectivity index (χ4n) is 2.17. The fourth-order valence-corrected chi connectivity index (χ4v) is 2.17. The van der Waals surface area contributed by atoms with Crippen LogP contribution in [0.1, 0.15) is 25.1 Å². The molecule has 0 atom stereocenters. The molecule has 0 saturated heterocycles. The molecule has 0 aliphatic heterocycles. The highest BCUT2D eigenvalue weighted by molar-refractivity contribution is 5.76. The Balaban J connectivity index is 2.20. The molecule has 2 N–H and O–H groups in total. The van der Waals surface area contributed by atoms with Gasteiger partial charge < -0.3 is 10.3 Å². The van der Waals surface area contributed by atoms with Crippen LogP contribution in [0.4, 0.5) is 0 Å². The lowest BCUT2D eigenvalue weighted by molar-refractivity contribution is 0.648. The Morgan fingerprint density at radius 3 is 2.83 bits per heavy atom. The lowest BCUT2D eigenvalue weighted by Gasteiger charge is -2.04. The number of hydrogen-bond acceptors (Lipinski definition) is 3. The van der Waals surface area contributed by atoms with Crippen LogP contribution in [0.3, 0.4) is 0 Å². The number of benzene rings is 1. The number of aromatic nitrogens is 2. The largest absolute Gasteiger partial charge is 0.330 e. The Kier molecular flexibility index (Phi) is 4.32. The molecule has 0 bridgehead atoms. The SMILES string of the molecule is N#CCn1c(CCCCCN)nc2ccccc21. The first-order valence-corrected chi connectivity index (χ1v) is 6.38. The molecule has 2 rings (SSSR count). The van der Waals surface area contributed by atoms with Gasteiger partial charge >= 0.3 is 0 Å². The molecule has 1 heterocycles. The van der Waals surface area contributed by atoms with Gasteiger partial charge in [-0.3, -0.25) is 0 Å². The topological polar surface area (TPSA) is 67.6 Å². The van der Waals surface area contributed by atoms with E-state index in [0.717, 1.165) is 49.1 Å². The first kappa shape index (κ1) is 12.6. The minimum absolute atomic E-state index is 0.368. The van der Waals surface area contributed by atoms with Crippen LogP contribution in [0.25, 0.3) is 11.0 Å². The maximum Gasteiger partial charge on any atom is 0.111 e. The van der Waals surface area contributed by atoms with Crippen LogP contribution in [-0.2, 0) is 13.0 Å². The summed E-state index contributed by atoms with van der Waals surface area (Å²) in [5.41, 5.74) is 7.51. The van der Waals surface area contributed by atoms with E-state index in [4.69, 9.17) is 11.0 Å². The molecule has 0 unspecified atom stereocenters. The Morgan fingerprint density at radius 1 is 1.22 bits per heavy atom.